The third kappa shape index (κ3) is 7.18. The van der Waals surface area contributed by atoms with E-state index in [9.17, 15) is 19.1 Å². The molecule has 9 nitrogen and oxygen atoms in total. The van der Waals surface area contributed by atoms with Crippen molar-refractivity contribution in [3.8, 4) is 17.7 Å². The SMILES string of the molecule is C[C@H]1CN([C@@H](C)CO)C(=O)c2cc(C#CCN(C)C)cnc2O[C@@H]1CN(C)C(=O)Nc1ccccc1F. The van der Waals surface area contributed by atoms with Gasteiger partial charge in [-0.15, -0.1) is 0 Å². The number of aliphatic hydroxyl groups excluding tert-OH is 1. The van der Waals surface area contributed by atoms with Crippen molar-refractivity contribution in [3.05, 3.63) is 53.5 Å². The quantitative estimate of drug-likeness (QED) is 0.579. The van der Waals surface area contributed by atoms with Gasteiger partial charge in [0, 0.05) is 31.3 Å². The molecule has 0 bridgehead atoms. The minimum atomic E-state index is -0.533. The molecule has 0 spiro atoms. The number of aliphatic hydroxyl groups is 1. The lowest BCUT2D eigenvalue weighted by molar-refractivity contribution is 0.0356. The Morgan fingerprint density at radius 2 is 2.08 bits per heavy atom. The van der Waals surface area contributed by atoms with Crippen LogP contribution in [0.1, 0.15) is 29.8 Å². The largest absolute Gasteiger partial charge is 0.472 e. The maximum Gasteiger partial charge on any atom is 0.321 e. The Morgan fingerprint density at radius 3 is 2.76 bits per heavy atom. The number of urea groups is 1. The zero-order valence-corrected chi connectivity index (χ0v) is 21.9. The van der Waals surface area contributed by atoms with Crippen molar-refractivity contribution in [2.45, 2.75) is 26.0 Å². The van der Waals surface area contributed by atoms with Gasteiger partial charge in [0.05, 0.1) is 31.4 Å². The maximum absolute atomic E-state index is 14.0. The number of nitrogens with zero attached hydrogens (tertiary/aromatic N) is 4. The van der Waals surface area contributed by atoms with Crippen LogP contribution in [-0.4, -0.2) is 96.3 Å². The Hall–Kier alpha value is -3.68. The second-order valence-corrected chi connectivity index (χ2v) is 9.53. The summed E-state index contributed by atoms with van der Waals surface area (Å²) in [4.78, 5) is 35.6. The van der Waals surface area contributed by atoms with E-state index in [1.165, 1.54) is 17.0 Å². The summed E-state index contributed by atoms with van der Waals surface area (Å²) in [5.74, 6) is 5.12. The molecular weight excluding hydrogens is 477 g/mol. The average Bonchev–Trinajstić information content (AvgIpc) is 2.87. The molecule has 2 N–H and O–H groups in total. The van der Waals surface area contributed by atoms with Gasteiger partial charge in [0.1, 0.15) is 17.5 Å². The average molecular weight is 512 g/mol. The highest BCUT2D eigenvalue weighted by Gasteiger charge is 2.34. The van der Waals surface area contributed by atoms with Crippen molar-refractivity contribution in [2.75, 3.05) is 52.7 Å². The summed E-state index contributed by atoms with van der Waals surface area (Å²) in [5, 5.41) is 12.4. The minimum Gasteiger partial charge on any atom is -0.472 e. The Kier molecular flexibility index (Phi) is 9.44. The Bertz CT molecular complexity index is 1180. The molecule has 2 heterocycles. The van der Waals surface area contributed by atoms with E-state index in [2.05, 4.69) is 22.1 Å². The summed E-state index contributed by atoms with van der Waals surface area (Å²) in [5.41, 5.74) is 0.891. The lowest BCUT2D eigenvalue weighted by Gasteiger charge is -2.37. The number of fused-ring (bicyclic) bond motifs is 1. The highest BCUT2D eigenvalue weighted by atomic mass is 19.1. The molecule has 0 saturated heterocycles. The normalized spacial score (nSPS) is 18.1. The number of likely N-dealkylation sites (N-methyl/N-ethyl adjacent to an activating group) is 1. The van der Waals surface area contributed by atoms with Crippen LogP contribution in [0.2, 0.25) is 0 Å². The summed E-state index contributed by atoms with van der Waals surface area (Å²) >= 11 is 0. The van der Waals surface area contributed by atoms with E-state index in [1.54, 1.807) is 43.3 Å². The molecule has 3 amide bonds. The number of nitrogens with one attached hydrogen (secondary N) is 1. The molecule has 1 aliphatic heterocycles. The number of carbonyl (C=O) groups is 2. The van der Waals surface area contributed by atoms with E-state index in [4.69, 9.17) is 4.74 Å². The van der Waals surface area contributed by atoms with Crippen LogP contribution in [0.5, 0.6) is 5.88 Å². The third-order valence-corrected chi connectivity index (χ3v) is 6.07. The van der Waals surface area contributed by atoms with Crippen molar-refractivity contribution >= 4 is 17.6 Å². The Balaban J connectivity index is 1.88. The number of hydrogen-bond acceptors (Lipinski definition) is 6. The topological polar surface area (TPSA) is 98.2 Å². The smallest absolute Gasteiger partial charge is 0.321 e. The van der Waals surface area contributed by atoms with Gasteiger partial charge in [-0.25, -0.2) is 14.2 Å². The van der Waals surface area contributed by atoms with Crippen molar-refractivity contribution < 1.29 is 23.8 Å². The fourth-order valence-corrected chi connectivity index (χ4v) is 3.81. The number of ether oxygens (including phenoxy) is 1. The highest BCUT2D eigenvalue weighted by molar-refractivity contribution is 5.97. The van der Waals surface area contributed by atoms with E-state index >= 15 is 0 Å². The highest BCUT2D eigenvalue weighted by Crippen LogP contribution is 2.27. The van der Waals surface area contributed by atoms with Gasteiger partial charge in [-0.05, 0) is 39.2 Å². The first-order valence-corrected chi connectivity index (χ1v) is 12.1. The second kappa shape index (κ2) is 12.5. The number of anilines is 1. The zero-order chi connectivity index (χ0) is 27.1. The summed E-state index contributed by atoms with van der Waals surface area (Å²) in [6.45, 7) is 4.47. The summed E-state index contributed by atoms with van der Waals surface area (Å²) in [7, 11) is 5.41. The lowest BCUT2D eigenvalue weighted by atomic mass is 10.00. The van der Waals surface area contributed by atoms with Crippen molar-refractivity contribution in [1.82, 2.24) is 19.7 Å². The Morgan fingerprint density at radius 1 is 1.35 bits per heavy atom. The first-order chi connectivity index (χ1) is 17.6. The van der Waals surface area contributed by atoms with Crippen LogP contribution in [0, 0.1) is 23.6 Å². The summed E-state index contributed by atoms with van der Waals surface area (Å²) < 4.78 is 20.2. The molecular formula is C27H34FN5O4. The molecule has 1 aliphatic rings. The number of halogens is 1. The van der Waals surface area contributed by atoms with E-state index in [1.807, 2.05) is 25.9 Å². The fourth-order valence-electron chi connectivity index (χ4n) is 3.81. The Labute approximate surface area is 217 Å². The predicted molar refractivity (Wildman–Crippen MR) is 139 cm³/mol. The molecule has 10 heteroatoms. The molecule has 37 heavy (non-hydrogen) atoms. The molecule has 1 aromatic carbocycles. The van der Waals surface area contributed by atoms with E-state index in [-0.39, 0.29) is 42.1 Å². The number of carbonyl (C=O) groups excluding carboxylic acids is 2. The monoisotopic (exact) mass is 511 g/mol. The molecule has 0 radical (unpaired) electrons. The third-order valence-electron chi connectivity index (χ3n) is 6.07. The van der Waals surface area contributed by atoms with Crippen LogP contribution in [0.25, 0.3) is 0 Å². The number of benzene rings is 1. The summed E-state index contributed by atoms with van der Waals surface area (Å²) in [6.07, 6.45) is 1.02. The first kappa shape index (κ1) is 27.9. The van der Waals surface area contributed by atoms with Gasteiger partial charge in [0.25, 0.3) is 5.91 Å². The molecule has 3 atom stereocenters. The number of rotatable bonds is 6. The molecule has 0 saturated carbocycles. The molecule has 1 aromatic heterocycles. The molecule has 0 unspecified atom stereocenters. The van der Waals surface area contributed by atoms with Crippen LogP contribution < -0.4 is 10.1 Å². The van der Waals surface area contributed by atoms with Gasteiger partial charge in [0.2, 0.25) is 5.88 Å². The van der Waals surface area contributed by atoms with Crippen LogP contribution in [-0.2, 0) is 0 Å². The van der Waals surface area contributed by atoms with Gasteiger partial charge in [0.15, 0.2) is 0 Å². The zero-order valence-electron chi connectivity index (χ0n) is 21.9. The number of hydrogen-bond donors (Lipinski definition) is 2. The van der Waals surface area contributed by atoms with Crippen molar-refractivity contribution in [3.63, 3.8) is 0 Å². The summed E-state index contributed by atoms with van der Waals surface area (Å²) in [6, 6.07) is 6.63. The van der Waals surface area contributed by atoms with Gasteiger partial charge in [-0.3, -0.25) is 9.69 Å². The van der Waals surface area contributed by atoms with E-state index in [0.29, 0.717) is 18.7 Å². The minimum absolute atomic E-state index is 0.0782. The molecule has 0 aliphatic carbocycles. The van der Waals surface area contributed by atoms with E-state index in [0.717, 1.165) is 0 Å². The maximum atomic E-state index is 14.0. The van der Waals surface area contributed by atoms with Crippen molar-refractivity contribution in [1.29, 1.82) is 0 Å². The molecule has 2 aromatic rings. The van der Waals surface area contributed by atoms with Crippen molar-refractivity contribution in [2.24, 2.45) is 5.92 Å². The van der Waals surface area contributed by atoms with Crippen LogP contribution >= 0.6 is 0 Å². The van der Waals surface area contributed by atoms with Gasteiger partial charge in [-0.2, -0.15) is 0 Å². The van der Waals surface area contributed by atoms with Crippen LogP contribution in [0.3, 0.4) is 0 Å². The second-order valence-electron chi connectivity index (χ2n) is 9.53. The molecule has 0 fully saturated rings. The standard InChI is InChI=1S/C27H34FN5O4/c1-18-15-33(19(2)17-34)26(35)21-13-20(9-8-12-31(3)4)14-29-25(21)37-24(18)16-32(5)27(36)30-23-11-7-6-10-22(23)28/h6-7,10-11,13-14,18-19,24,34H,12,15-17H2,1-5H3,(H,30,36)/t18-,19-,24+/m0/s1. The molecule has 3 rings (SSSR count). The number of para-hydroxylation sites is 1. The van der Waals surface area contributed by atoms with E-state index < -0.39 is 24.0 Å². The number of amides is 3. The first-order valence-electron chi connectivity index (χ1n) is 12.1. The lowest BCUT2D eigenvalue weighted by Crippen LogP contribution is -2.50. The number of pyridine rings is 1. The van der Waals surface area contributed by atoms with Crippen LogP contribution in [0.4, 0.5) is 14.9 Å². The van der Waals surface area contributed by atoms with Crippen LogP contribution in [0.15, 0.2) is 36.5 Å². The van der Waals surface area contributed by atoms with Gasteiger partial charge in [-0.1, -0.05) is 30.9 Å². The predicted octanol–water partition coefficient (Wildman–Crippen LogP) is 2.52. The number of aromatic nitrogens is 1. The van der Waals surface area contributed by atoms with Gasteiger partial charge >= 0.3 is 6.03 Å². The fraction of sp³-hybridized carbons (Fsp3) is 0.444. The van der Waals surface area contributed by atoms with Gasteiger partial charge < -0.3 is 25.0 Å². The molecule has 198 valence electrons.